The van der Waals surface area contributed by atoms with Gasteiger partial charge in [-0.3, -0.25) is 9.55 Å². The van der Waals surface area contributed by atoms with Crippen LogP contribution in [0.3, 0.4) is 0 Å². The molecule has 0 fully saturated rings. The first kappa shape index (κ1) is 30.9. The minimum absolute atomic E-state index is 0.0871. The number of benzene rings is 7. The summed E-state index contributed by atoms with van der Waals surface area (Å²) < 4.78 is 101. The van der Waals surface area contributed by atoms with Crippen LogP contribution in [0, 0.1) is 6.85 Å². The molecule has 0 radical (unpaired) electrons. The third kappa shape index (κ3) is 8.54. The zero-order valence-corrected chi connectivity index (χ0v) is 37.5. The number of hydrogen-bond acceptors (Lipinski definition) is 3. The molecule has 0 aliphatic rings. The number of fused-ring (bicyclic) bond motifs is 1. The van der Waals surface area contributed by atoms with E-state index in [2.05, 4.69) is 53.7 Å². The first-order valence-corrected chi connectivity index (χ1v) is 21.8. The quantitative estimate of drug-likeness (QED) is 0.174. The maximum Gasteiger partial charge on any atom is 0.149 e. The van der Waals surface area contributed by atoms with Gasteiger partial charge in [0.15, 0.2) is 0 Å². The van der Waals surface area contributed by atoms with E-state index in [0.29, 0.717) is 50.5 Å². The van der Waals surface area contributed by atoms with Gasteiger partial charge in [0.2, 0.25) is 0 Å². The van der Waals surface area contributed by atoms with Gasteiger partial charge in [0.05, 0.1) is 28.0 Å². The third-order valence-corrected chi connectivity index (χ3v) is 12.1. The number of pyridine rings is 1. The fraction of sp³-hybridized carbons (Fsp3) is 0.213. The van der Waals surface area contributed by atoms with Crippen LogP contribution in [0.15, 0.2) is 170 Å². The van der Waals surface area contributed by atoms with Crippen LogP contribution in [0.5, 0.6) is 5.75 Å². The van der Waals surface area contributed by atoms with Crippen LogP contribution >= 0.6 is 0 Å². The Labute approximate surface area is 402 Å². The molecular weight excluding hydrogens is 791 g/mol. The minimum atomic E-state index is -3.40. The summed E-state index contributed by atoms with van der Waals surface area (Å²) in [4.78, 5) is 10.4. The molecule has 324 valence electrons. The van der Waals surface area contributed by atoms with Gasteiger partial charge in [0, 0.05) is 44.9 Å². The van der Waals surface area contributed by atoms with Gasteiger partial charge in [0.1, 0.15) is 11.6 Å². The van der Waals surface area contributed by atoms with Crippen LogP contribution < -0.4 is 0 Å². The van der Waals surface area contributed by atoms with Crippen molar-refractivity contribution >= 4 is 11.0 Å². The molecule has 1 N–H and O–H groups in total. The topological polar surface area (TPSA) is 50.9 Å². The summed E-state index contributed by atoms with van der Waals surface area (Å²) >= 11 is 0. The Morgan fingerprint density at radius 1 is 0.492 bits per heavy atom. The molecule has 4 nitrogen and oxygen atoms in total. The lowest BCUT2D eigenvalue weighted by molar-refractivity contribution is 0.446. The van der Waals surface area contributed by atoms with Crippen molar-refractivity contribution in [1.29, 1.82) is 0 Å². The molecule has 4 heteroatoms. The first-order valence-electron chi connectivity index (χ1n) is 27.8. The average Bonchev–Trinajstić information content (AvgIpc) is 3.83. The van der Waals surface area contributed by atoms with Crippen LogP contribution in [-0.2, 0) is 16.2 Å². The number of aryl methyl sites for hydroxylation is 1. The van der Waals surface area contributed by atoms with E-state index in [1.165, 1.54) is 24.3 Å². The highest BCUT2D eigenvalue weighted by Gasteiger charge is 2.29. The minimum Gasteiger partial charge on any atom is -0.507 e. The van der Waals surface area contributed by atoms with Crippen molar-refractivity contribution in [1.82, 2.24) is 14.5 Å². The van der Waals surface area contributed by atoms with Crippen LogP contribution in [0.2, 0.25) is 0 Å². The van der Waals surface area contributed by atoms with Crippen molar-refractivity contribution in [3.05, 3.63) is 192 Å². The van der Waals surface area contributed by atoms with E-state index in [4.69, 9.17) is 26.4 Å². The van der Waals surface area contributed by atoms with Gasteiger partial charge in [-0.05, 0) is 122 Å². The highest BCUT2D eigenvalue weighted by Crippen LogP contribution is 2.46. The van der Waals surface area contributed by atoms with Gasteiger partial charge in [0.25, 0.3) is 0 Å². The molecule has 0 bridgehead atoms. The Kier molecular flexibility index (Phi) is 7.86. The zero-order valence-electron chi connectivity index (χ0n) is 49.5. The van der Waals surface area contributed by atoms with Gasteiger partial charge in [-0.15, -0.1) is 0 Å². The highest BCUT2D eigenvalue weighted by atomic mass is 16.3. The Morgan fingerprint density at radius 3 is 1.85 bits per heavy atom. The van der Waals surface area contributed by atoms with Gasteiger partial charge in [-0.2, -0.15) is 0 Å². The number of imidazole rings is 1. The van der Waals surface area contributed by atoms with E-state index in [9.17, 15) is 5.11 Å². The van der Waals surface area contributed by atoms with Crippen molar-refractivity contribution in [2.75, 3.05) is 0 Å². The molecule has 0 saturated heterocycles. The summed E-state index contributed by atoms with van der Waals surface area (Å²) in [5.74, 6) is 0.540. The number of rotatable bonds is 7. The Bertz CT molecular complexity index is 3620. The smallest absolute Gasteiger partial charge is 0.149 e. The second kappa shape index (κ2) is 16.5. The predicted molar refractivity (Wildman–Crippen MR) is 274 cm³/mol. The van der Waals surface area contributed by atoms with Crippen molar-refractivity contribution in [2.24, 2.45) is 0 Å². The van der Waals surface area contributed by atoms with Crippen molar-refractivity contribution in [3.8, 4) is 78.6 Å². The number of phenols is 1. The molecule has 9 aromatic rings. The van der Waals surface area contributed by atoms with Crippen molar-refractivity contribution < 1.29 is 21.6 Å². The third-order valence-electron chi connectivity index (χ3n) is 12.1. The molecule has 0 saturated carbocycles. The number of nitrogens with zero attached hydrogens (tertiary/aromatic N) is 3. The Hall–Kier alpha value is -7.04. The largest absolute Gasteiger partial charge is 0.507 e. The molecule has 65 heavy (non-hydrogen) atoms. The molecule has 0 atom stereocenters. The van der Waals surface area contributed by atoms with Gasteiger partial charge in [-0.25, -0.2) is 4.98 Å². The van der Waals surface area contributed by atoms with E-state index in [0.717, 1.165) is 44.5 Å². The Balaban J connectivity index is 1.29. The number of aromatic hydroxyl groups is 1. The van der Waals surface area contributed by atoms with E-state index < -0.39 is 38.2 Å². The molecule has 2 aromatic heterocycles. The normalized spacial score (nSPS) is 15.7. The van der Waals surface area contributed by atoms with Crippen molar-refractivity contribution in [2.45, 2.75) is 85.2 Å². The first-order chi connectivity index (χ1) is 35.9. The maximum absolute atomic E-state index is 12.6. The monoisotopic (exact) mass is 862 g/mol. The summed E-state index contributed by atoms with van der Waals surface area (Å²) in [6.45, 7) is 0.0105. The van der Waals surface area contributed by atoms with Gasteiger partial charge < -0.3 is 5.11 Å². The lowest BCUT2D eigenvalue weighted by Crippen LogP contribution is -2.17. The molecule has 0 spiro atoms. The Morgan fingerprint density at radius 2 is 1.17 bits per heavy atom. The maximum atomic E-state index is 12.6. The van der Waals surface area contributed by atoms with E-state index in [1.54, 1.807) is 24.4 Å². The summed E-state index contributed by atoms with van der Waals surface area (Å²) in [5.41, 5.74) is 7.49. The molecule has 9 rings (SSSR count). The average molecular weight is 862 g/mol. The van der Waals surface area contributed by atoms with Crippen LogP contribution in [-0.4, -0.2) is 19.6 Å². The molecule has 0 aliphatic carbocycles. The SMILES string of the molecule is [2H]C([2H])([2H])c1ccc(-n2c(-c3cc(C(C)(C)C)cc(C(C)(C)C)c3O)nc3c(-c4cc(-c5ccccc5)cc(-c5cc(-c6ccc(C(C([2H])([2H])[2H])(C([2H])([2H])[2H])C([2H])([2H])[2H])cc6)ccn5)c4)cccc32)c(-c2ccccc2)c1. The fourth-order valence-corrected chi connectivity index (χ4v) is 8.56. The van der Waals surface area contributed by atoms with E-state index in [-0.39, 0.29) is 22.3 Å². The molecule has 0 aliphatic heterocycles. The highest BCUT2D eigenvalue weighted by molar-refractivity contribution is 5.98. The number of para-hydroxylation sites is 1. The summed E-state index contributed by atoms with van der Waals surface area (Å²) in [6.07, 6.45) is 1.64. The van der Waals surface area contributed by atoms with E-state index >= 15 is 0 Å². The second-order valence-electron chi connectivity index (χ2n) is 18.9. The summed E-state index contributed by atoms with van der Waals surface area (Å²) in [6, 6.07) is 50.1. The number of phenolic OH excluding ortho intramolecular Hbond substituents is 1. The molecular formula is C61H59N3O. The zero-order chi connectivity index (χ0) is 55.8. The van der Waals surface area contributed by atoms with E-state index in [1.807, 2.05) is 114 Å². The molecule has 2 heterocycles. The lowest BCUT2D eigenvalue weighted by atomic mass is 9.79. The summed E-state index contributed by atoms with van der Waals surface area (Å²) in [7, 11) is 0. The fourth-order valence-electron chi connectivity index (χ4n) is 8.56. The summed E-state index contributed by atoms with van der Waals surface area (Å²) in [5, 5.41) is 12.6. The van der Waals surface area contributed by atoms with Crippen LogP contribution in [0.25, 0.3) is 83.9 Å². The van der Waals surface area contributed by atoms with Gasteiger partial charge in [-0.1, -0.05) is 177 Å². The van der Waals surface area contributed by atoms with Crippen LogP contribution in [0.4, 0.5) is 0 Å². The standard InChI is InChI=1S/C61H59N3O/c1-39-24-29-54(50(32-39)42-20-15-12-16-21-42)64-55-23-17-22-49(56(55)63-58(64)51-37-48(60(5,6)7)38-52(57(51)65)61(8,9)10)45-33-44(40-18-13-11-14-19-40)34-46(35-45)53-36-43(30-31-62-53)41-25-27-47(28-26-41)59(2,3)4/h11-38,65H,1-10H3/i1D3,2D3,3D3,4D3. The molecule has 0 amide bonds. The number of aromatic nitrogens is 3. The second-order valence-corrected chi connectivity index (χ2v) is 18.9. The molecule has 0 unspecified atom stereocenters. The molecule has 7 aromatic carbocycles. The lowest BCUT2D eigenvalue weighted by Gasteiger charge is -2.27. The van der Waals surface area contributed by atoms with Gasteiger partial charge >= 0.3 is 0 Å². The van der Waals surface area contributed by atoms with Crippen LogP contribution in [0.1, 0.15) is 101 Å². The number of hydrogen-bond donors (Lipinski definition) is 1. The van der Waals surface area contributed by atoms with Crippen molar-refractivity contribution in [3.63, 3.8) is 0 Å². The predicted octanol–water partition coefficient (Wildman–Crippen LogP) is 16.3.